The molecule has 9 heteroatoms. The van der Waals surface area contributed by atoms with Crippen molar-refractivity contribution in [3.8, 4) is 0 Å². The fourth-order valence-electron chi connectivity index (χ4n) is 5.41. The van der Waals surface area contributed by atoms with Crippen molar-refractivity contribution in [1.29, 1.82) is 0 Å². The number of nitrogens with one attached hydrogen (secondary N) is 2. The van der Waals surface area contributed by atoms with Crippen LogP contribution in [-0.2, 0) is 11.3 Å². The van der Waals surface area contributed by atoms with Crippen LogP contribution in [0.25, 0.3) is 0 Å². The number of aromatic nitrogens is 3. The van der Waals surface area contributed by atoms with E-state index in [-0.39, 0.29) is 29.1 Å². The lowest BCUT2D eigenvalue weighted by molar-refractivity contribution is 0.00203. The van der Waals surface area contributed by atoms with E-state index in [4.69, 9.17) is 9.26 Å². The second kappa shape index (κ2) is 6.77. The van der Waals surface area contributed by atoms with Crippen LogP contribution in [0.1, 0.15) is 40.6 Å². The molecular formula is C20H25N5O4. The van der Waals surface area contributed by atoms with E-state index in [2.05, 4.69) is 25.3 Å². The van der Waals surface area contributed by atoms with Gasteiger partial charge in [0.15, 0.2) is 5.69 Å². The molecular weight excluding hydrogens is 374 g/mol. The maximum absolute atomic E-state index is 12.4. The topological polar surface area (TPSA) is 113 Å². The fourth-order valence-corrected chi connectivity index (χ4v) is 5.41. The molecule has 3 aliphatic heterocycles. The zero-order valence-electron chi connectivity index (χ0n) is 16.6. The van der Waals surface area contributed by atoms with Gasteiger partial charge in [-0.05, 0) is 26.7 Å². The number of hydrogen-bond acceptors (Lipinski definition) is 7. The molecule has 4 atom stereocenters. The number of amides is 1. The van der Waals surface area contributed by atoms with Crippen LogP contribution in [0.2, 0.25) is 0 Å². The number of rotatable bonds is 5. The van der Waals surface area contributed by atoms with Crippen molar-refractivity contribution in [2.75, 3.05) is 19.6 Å². The number of hydrogen-bond donors (Lipinski definition) is 2. The summed E-state index contributed by atoms with van der Waals surface area (Å²) in [6.45, 7) is 6.48. The molecule has 29 heavy (non-hydrogen) atoms. The van der Waals surface area contributed by atoms with E-state index < -0.39 is 0 Å². The first-order chi connectivity index (χ1) is 13.9. The molecule has 5 rings (SSSR count). The van der Waals surface area contributed by atoms with Gasteiger partial charge in [0.2, 0.25) is 0 Å². The van der Waals surface area contributed by atoms with Crippen molar-refractivity contribution in [2.24, 2.45) is 11.8 Å². The van der Waals surface area contributed by atoms with E-state index in [9.17, 15) is 9.59 Å². The Balaban J connectivity index is 1.26. The monoisotopic (exact) mass is 399 g/mol. The third-order valence-corrected chi connectivity index (χ3v) is 6.51. The second-order valence-electron chi connectivity index (χ2n) is 8.55. The standard InChI is InChI=1S/C20H25N5O4/c1-11-5-16(24-29-11)19(27)21-7-14-15-9-25(10-20(15)4-3-17(14)28-20)8-13-6-18(26)23-12(2)22-13/h5-6,14-15,17H,3-4,7-10H2,1-2H3,(H,21,27)(H,22,23,26)/t14-,15+,17+,20+/m0/s1. The molecule has 2 aromatic heterocycles. The minimum Gasteiger partial charge on any atom is -0.370 e. The number of H-pyrrole nitrogens is 1. The highest BCUT2D eigenvalue weighted by Crippen LogP contribution is 2.54. The third kappa shape index (κ3) is 3.28. The highest BCUT2D eigenvalue weighted by Gasteiger charge is 2.62. The highest BCUT2D eigenvalue weighted by molar-refractivity contribution is 5.92. The van der Waals surface area contributed by atoms with Gasteiger partial charge in [-0.2, -0.15) is 0 Å². The number of aryl methyl sites for hydroxylation is 2. The summed E-state index contributed by atoms with van der Waals surface area (Å²) in [6, 6.07) is 3.21. The van der Waals surface area contributed by atoms with Gasteiger partial charge in [-0.3, -0.25) is 14.5 Å². The van der Waals surface area contributed by atoms with Crippen molar-refractivity contribution in [3.63, 3.8) is 0 Å². The summed E-state index contributed by atoms with van der Waals surface area (Å²) in [4.78, 5) is 33.6. The average molecular weight is 399 g/mol. The lowest BCUT2D eigenvalue weighted by Gasteiger charge is -2.29. The van der Waals surface area contributed by atoms with Gasteiger partial charge >= 0.3 is 0 Å². The molecule has 9 nitrogen and oxygen atoms in total. The minimum atomic E-state index is -0.211. The first-order valence-corrected chi connectivity index (χ1v) is 10.1. The average Bonchev–Trinajstić information content (AvgIpc) is 3.39. The Kier molecular flexibility index (Phi) is 4.32. The Labute approximate surface area is 167 Å². The summed E-state index contributed by atoms with van der Waals surface area (Å²) in [5.74, 6) is 1.68. The minimum absolute atomic E-state index is 0.120. The maximum atomic E-state index is 12.4. The first-order valence-electron chi connectivity index (χ1n) is 10.1. The Hall–Kier alpha value is -2.52. The summed E-state index contributed by atoms with van der Waals surface area (Å²) in [5.41, 5.74) is 0.834. The molecule has 1 amide bonds. The van der Waals surface area contributed by atoms with E-state index in [0.717, 1.165) is 31.6 Å². The number of ether oxygens (including phenoxy) is 1. The summed E-state index contributed by atoms with van der Waals surface area (Å²) in [6.07, 6.45) is 2.27. The van der Waals surface area contributed by atoms with Crippen LogP contribution in [0.3, 0.4) is 0 Å². The smallest absolute Gasteiger partial charge is 0.273 e. The van der Waals surface area contributed by atoms with Gasteiger partial charge in [-0.25, -0.2) is 4.98 Å². The number of fused-ring (bicyclic) bond motifs is 1. The first kappa shape index (κ1) is 18.5. The predicted molar refractivity (Wildman–Crippen MR) is 102 cm³/mol. The number of carbonyl (C=O) groups excluding carboxylic acids is 1. The van der Waals surface area contributed by atoms with Gasteiger partial charge in [-0.15, -0.1) is 0 Å². The van der Waals surface area contributed by atoms with Gasteiger partial charge in [-0.1, -0.05) is 5.16 Å². The zero-order valence-corrected chi connectivity index (χ0v) is 16.6. The Morgan fingerprint density at radius 2 is 2.28 bits per heavy atom. The van der Waals surface area contributed by atoms with E-state index >= 15 is 0 Å². The molecule has 1 spiro atoms. The number of likely N-dealkylation sites (tertiary alicyclic amines) is 1. The second-order valence-corrected chi connectivity index (χ2v) is 8.55. The summed E-state index contributed by atoms with van der Waals surface area (Å²) in [5, 5.41) is 6.80. The van der Waals surface area contributed by atoms with Crippen LogP contribution in [0, 0.1) is 25.7 Å². The summed E-state index contributed by atoms with van der Waals surface area (Å²) < 4.78 is 11.4. The molecule has 3 aliphatic rings. The molecule has 3 fully saturated rings. The molecule has 0 radical (unpaired) electrons. The van der Waals surface area contributed by atoms with Crippen molar-refractivity contribution in [1.82, 2.24) is 25.3 Å². The molecule has 0 aromatic carbocycles. The van der Waals surface area contributed by atoms with Crippen molar-refractivity contribution < 1.29 is 14.1 Å². The molecule has 2 bridgehead atoms. The van der Waals surface area contributed by atoms with E-state index in [0.29, 0.717) is 36.3 Å². The van der Waals surface area contributed by atoms with Crippen LogP contribution in [0.4, 0.5) is 0 Å². The van der Waals surface area contributed by atoms with E-state index in [1.807, 2.05) is 0 Å². The van der Waals surface area contributed by atoms with Crippen molar-refractivity contribution >= 4 is 5.91 Å². The Morgan fingerprint density at radius 3 is 3.03 bits per heavy atom. The van der Waals surface area contributed by atoms with Crippen LogP contribution in [0.5, 0.6) is 0 Å². The summed E-state index contributed by atoms with van der Waals surface area (Å²) >= 11 is 0. The molecule has 0 aliphatic carbocycles. The van der Waals surface area contributed by atoms with Gasteiger partial charge in [0.25, 0.3) is 11.5 Å². The van der Waals surface area contributed by atoms with Gasteiger partial charge in [0.1, 0.15) is 11.6 Å². The van der Waals surface area contributed by atoms with Gasteiger partial charge in [0.05, 0.1) is 17.4 Å². The maximum Gasteiger partial charge on any atom is 0.273 e. The molecule has 3 saturated heterocycles. The molecule has 154 valence electrons. The summed E-state index contributed by atoms with van der Waals surface area (Å²) in [7, 11) is 0. The predicted octanol–water partition coefficient (Wildman–Crippen LogP) is 0.784. The van der Waals surface area contributed by atoms with Crippen LogP contribution in [-0.4, -0.2) is 57.3 Å². The van der Waals surface area contributed by atoms with Gasteiger partial charge in [0, 0.05) is 50.1 Å². The normalized spacial score (nSPS) is 30.6. The number of carbonyl (C=O) groups is 1. The van der Waals surface area contributed by atoms with Crippen LogP contribution < -0.4 is 10.9 Å². The molecule has 2 N–H and O–H groups in total. The largest absolute Gasteiger partial charge is 0.370 e. The molecule has 5 heterocycles. The quantitative estimate of drug-likeness (QED) is 0.764. The number of aromatic amines is 1. The lowest BCUT2D eigenvalue weighted by atomic mass is 9.73. The zero-order chi connectivity index (χ0) is 20.2. The molecule has 0 saturated carbocycles. The molecule has 0 unspecified atom stereocenters. The fraction of sp³-hybridized carbons (Fsp3) is 0.600. The number of nitrogens with zero attached hydrogens (tertiary/aromatic N) is 3. The van der Waals surface area contributed by atoms with Gasteiger partial charge < -0.3 is 19.6 Å². The van der Waals surface area contributed by atoms with Crippen molar-refractivity contribution in [3.05, 3.63) is 45.5 Å². The van der Waals surface area contributed by atoms with Crippen LogP contribution >= 0.6 is 0 Å². The van der Waals surface area contributed by atoms with E-state index in [1.54, 1.807) is 26.0 Å². The highest BCUT2D eigenvalue weighted by atomic mass is 16.5. The Morgan fingerprint density at radius 1 is 1.41 bits per heavy atom. The van der Waals surface area contributed by atoms with Crippen molar-refractivity contribution in [2.45, 2.75) is 44.9 Å². The lowest BCUT2D eigenvalue weighted by Crippen LogP contribution is -2.42. The molecule has 2 aromatic rings. The van der Waals surface area contributed by atoms with E-state index in [1.165, 1.54) is 0 Å². The third-order valence-electron chi connectivity index (χ3n) is 6.51. The Bertz CT molecular complexity index is 1000. The SMILES string of the molecule is Cc1nc(CN2C[C@@H]3[C@H](CNC(=O)c4cc(C)on4)[C@H]4CC[C@]3(C2)O4)cc(=O)[nH]1. The van der Waals surface area contributed by atoms with Crippen LogP contribution in [0.15, 0.2) is 21.5 Å².